The lowest BCUT2D eigenvalue weighted by Gasteiger charge is -2.15. The van der Waals surface area contributed by atoms with Crippen LogP contribution in [-0.2, 0) is 0 Å². The molecule has 0 heterocycles. The summed E-state index contributed by atoms with van der Waals surface area (Å²) in [7, 11) is 0. The van der Waals surface area contributed by atoms with Crippen LogP contribution in [0.15, 0.2) is 42.5 Å². The number of benzene rings is 2. The summed E-state index contributed by atoms with van der Waals surface area (Å²) < 4.78 is 0. The normalized spacial score (nSPS) is 12.0. The highest BCUT2D eigenvalue weighted by atomic mass is 35.5. The van der Waals surface area contributed by atoms with Gasteiger partial charge in [-0.25, -0.2) is 0 Å². The van der Waals surface area contributed by atoms with E-state index >= 15 is 0 Å². The number of anilines is 2. The average molecular weight is 303 g/mol. The fraction of sp³-hybridized carbons (Fsp3) is 0.235. The number of para-hydroxylation sites is 1. The third-order valence-corrected chi connectivity index (χ3v) is 3.95. The maximum atomic E-state index is 12.3. The number of nitrogens with one attached hydrogen (secondary N) is 1. The molecule has 0 aliphatic rings. The molecule has 1 amide bonds. The van der Waals surface area contributed by atoms with Gasteiger partial charge in [0.15, 0.2) is 0 Å². The molecule has 4 heteroatoms. The molecule has 2 rings (SSSR count). The fourth-order valence-corrected chi connectivity index (χ4v) is 2.26. The lowest BCUT2D eigenvalue weighted by Crippen LogP contribution is -2.14. The highest BCUT2D eigenvalue weighted by Crippen LogP contribution is 2.27. The molecular formula is C17H19ClN2O. The summed E-state index contributed by atoms with van der Waals surface area (Å²) in [6.07, 6.45) is 1.01. The number of carbonyl (C=O) groups is 1. The number of nitrogen functional groups attached to an aromatic ring is 1. The van der Waals surface area contributed by atoms with E-state index in [1.807, 2.05) is 24.3 Å². The molecule has 0 spiro atoms. The molecule has 110 valence electrons. The molecule has 0 radical (unpaired) electrons. The largest absolute Gasteiger partial charge is 0.398 e. The topological polar surface area (TPSA) is 55.1 Å². The zero-order valence-electron chi connectivity index (χ0n) is 12.2. The standard InChI is InChI=1S/C17H19ClN2O/c1-3-11(2)13-6-4-5-7-16(13)20-17(21)12-8-9-14(18)15(19)10-12/h4-11H,3,19H2,1-2H3,(H,20,21)/t11-/m0/s1. The van der Waals surface area contributed by atoms with Gasteiger partial charge in [-0.2, -0.15) is 0 Å². The van der Waals surface area contributed by atoms with E-state index in [9.17, 15) is 4.79 Å². The average Bonchev–Trinajstić information content (AvgIpc) is 2.49. The summed E-state index contributed by atoms with van der Waals surface area (Å²) in [6.45, 7) is 4.27. The first kappa shape index (κ1) is 15.4. The fourth-order valence-electron chi connectivity index (χ4n) is 2.14. The van der Waals surface area contributed by atoms with Crippen LogP contribution in [0.3, 0.4) is 0 Å². The van der Waals surface area contributed by atoms with Crippen molar-refractivity contribution in [2.75, 3.05) is 11.1 Å². The van der Waals surface area contributed by atoms with Gasteiger partial charge in [-0.15, -0.1) is 0 Å². The highest BCUT2D eigenvalue weighted by Gasteiger charge is 2.13. The van der Waals surface area contributed by atoms with E-state index in [0.29, 0.717) is 22.2 Å². The Labute approximate surface area is 130 Å². The van der Waals surface area contributed by atoms with Gasteiger partial charge in [-0.1, -0.05) is 43.6 Å². The molecule has 0 bridgehead atoms. The number of hydrogen-bond donors (Lipinski definition) is 2. The van der Waals surface area contributed by atoms with Gasteiger partial charge < -0.3 is 11.1 Å². The summed E-state index contributed by atoms with van der Waals surface area (Å²) in [5, 5.41) is 3.40. The molecule has 0 aliphatic heterocycles. The first-order valence-electron chi connectivity index (χ1n) is 6.98. The molecule has 0 saturated heterocycles. The minimum Gasteiger partial charge on any atom is -0.398 e. The van der Waals surface area contributed by atoms with Crippen molar-refractivity contribution < 1.29 is 4.79 Å². The van der Waals surface area contributed by atoms with Crippen molar-refractivity contribution in [3.8, 4) is 0 Å². The quantitative estimate of drug-likeness (QED) is 0.805. The second-order valence-electron chi connectivity index (χ2n) is 5.09. The van der Waals surface area contributed by atoms with E-state index in [1.165, 1.54) is 0 Å². The number of amides is 1. The summed E-state index contributed by atoms with van der Waals surface area (Å²) in [6, 6.07) is 12.7. The van der Waals surface area contributed by atoms with Crippen LogP contribution in [0.4, 0.5) is 11.4 Å². The predicted molar refractivity (Wildman–Crippen MR) is 89.0 cm³/mol. The maximum absolute atomic E-state index is 12.3. The SMILES string of the molecule is CC[C@H](C)c1ccccc1NC(=O)c1ccc(Cl)c(N)c1. The Morgan fingerprint density at radius 3 is 2.67 bits per heavy atom. The summed E-state index contributed by atoms with van der Waals surface area (Å²) in [4.78, 5) is 12.3. The van der Waals surface area contributed by atoms with Gasteiger partial charge in [-0.05, 0) is 42.2 Å². The van der Waals surface area contributed by atoms with Crippen LogP contribution in [0.2, 0.25) is 5.02 Å². The molecule has 0 aromatic heterocycles. The van der Waals surface area contributed by atoms with Gasteiger partial charge in [0, 0.05) is 11.3 Å². The van der Waals surface area contributed by atoms with Crippen molar-refractivity contribution in [3.63, 3.8) is 0 Å². The van der Waals surface area contributed by atoms with Crippen LogP contribution in [-0.4, -0.2) is 5.91 Å². The number of rotatable bonds is 4. The highest BCUT2D eigenvalue weighted by molar-refractivity contribution is 6.33. The molecule has 21 heavy (non-hydrogen) atoms. The van der Waals surface area contributed by atoms with Gasteiger partial charge in [0.25, 0.3) is 5.91 Å². The molecule has 2 aromatic carbocycles. The van der Waals surface area contributed by atoms with Gasteiger partial charge in [0.05, 0.1) is 10.7 Å². The molecule has 2 aromatic rings. The van der Waals surface area contributed by atoms with Crippen molar-refractivity contribution in [2.24, 2.45) is 0 Å². The molecule has 0 unspecified atom stereocenters. The Bertz CT molecular complexity index is 655. The zero-order valence-corrected chi connectivity index (χ0v) is 12.9. The van der Waals surface area contributed by atoms with Crippen LogP contribution in [0.1, 0.15) is 42.1 Å². The predicted octanol–water partition coefficient (Wildman–Crippen LogP) is 4.69. The number of halogens is 1. The van der Waals surface area contributed by atoms with E-state index in [-0.39, 0.29) is 5.91 Å². The lowest BCUT2D eigenvalue weighted by atomic mass is 9.97. The zero-order chi connectivity index (χ0) is 15.4. The molecule has 0 aliphatic carbocycles. The molecule has 3 N–H and O–H groups in total. The molecule has 3 nitrogen and oxygen atoms in total. The van der Waals surface area contributed by atoms with Crippen LogP contribution in [0.25, 0.3) is 0 Å². The van der Waals surface area contributed by atoms with Crippen molar-refractivity contribution in [2.45, 2.75) is 26.2 Å². The van der Waals surface area contributed by atoms with E-state index in [4.69, 9.17) is 17.3 Å². The van der Waals surface area contributed by atoms with Gasteiger partial charge in [0.1, 0.15) is 0 Å². The second kappa shape index (κ2) is 6.64. The van der Waals surface area contributed by atoms with Crippen molar-refractivity contribution in [3.05, 3.63) is 58.6 Å². The first-order valence-corrected chi connectivity index (χ1v) is 7.36. The molecular weight excluding hydrogens is 284 g/mol. The number of carbonyl (C=O) groups excluding carboxylic acids is 1. The third kappa shape index (κ3) is 3.56. The first-order chi connectivity index (χ1) is 10.0. The van der Waals surface area contributed by atoms with Gasteiger partial charge in [-0.3, -0.25) is 4.79 Å². The van der Waals surface area contributed by atoms with E-state index in [0.717, 1.165) is 17.7 Å². The summed E-state index contributed by atoms with van der Waals surface area (Å²) in [5.74, 6) is 0.200. The van der Waals surface area contributed by atoms with Crippen LogP contribution >= 0.6 is 11.6 Å². The maximum Gasteiger partial charge on any atom is 0.255 e. The van der Waals surface area contributed by atoms with Crippen molar-refractivity contribution >= 4 is 28.9 Å². The van der Waals surface area contributed by atoms with Crippen LogP contribution in [0, 0.1) is 0 Å². The Morgan fingerprint density at radius 2 is 2.00 bits per heavy atom. The van der Waals surface area contributed by atoms with E-state index < -0.39 is 0 Å². The minimum atomic E-state index is -0.186. The van der Waals surface area contributed by atoms with Gasteiger partial charge >= 0.3 is 0 Å². The molecule has 0 fully saturated rings. The Kier molecular flexibility index (Phi) is 4.86. The number of nitrogens with two attached hydrogens (primary N) is 1. The third-order valence-electron chi connectivity index (χ3n) is 3.61. The number of hydrogen-bond acceptors (Lipinski definition) is 2. The summed E-state index contributed by atoms with van der Waals surface area (Å²) >= 11 is 5.87. The smallest absolute Gasteiger partial charge is 0.255 e. The van der Waals surface area contributed by atoms with Crippen LogP contribution in [0.5, 0.6) is 0 Å². The van der Waals surface area contributed by atoms with E-state index in [1.54, 1.807) is 18.2 Å². The Morgan fingerprint density at radius 1 is 1.29 bits per heavy atom. The Hall–Kier alpha value is -2.00. The van der Waals surface area contributed by atoms with Crippen molar-refractivity contribution in [1.82, 2.24) is 0 Å². The van der Waals surface area contributed by atoms with Crippen LogP contribution < -0.4 is 11.1 Å². The second-order valence-corrected chi connectivity index (χ2v) is 5.49. The molecule has 0 saturated carbocycles. The monoisotopic (exact) mass is 302 g/mol. The molecule has 1 atom stereocenters. The summed E-state index contributed by atoms with van der Waals surface area (Å²) in [5.41, 5.74) is 8.61. The lowest BCUT2D eigenvalue weighted by molar-refractivity contribution is 0.102. The Balaban J connectivity index is 2.25. The van der Waals surface area contributed by atoms with Crippen molar-refractivity contribution in [1.29, 1.82) is 0 Å². The minimum absolute atomic E-state index is 0.186. The van der Waals surface area contributed by atoms with E-state index in [2.05, 4.69) is 19.2 Å². The van der Waals surface area contributed by atoms with Gasteiger partial charge in [0.2, 0.25) is 0 Å².